The summed E-state index contributed by atoms with van der Waals surface area (Å²) in [7, 11) is 0. The van der Waals surface area contributed by atoms with Gasteiger partial charge in [-0.25, -0.2) is 0 Å². The molecule has 0 aliphatic carbocycles. The summed E-state index contributed by atoms with van der Waals surface area (Å²) in [5, 5.41) is 7.78. The Hall–Kier alpha value is -1.81. The molecule has 1 fully saturated rings. The number of carbonyl (C=O) groups is 1. The van der Waals surface area contributed by atoms with E-state index in [1.165, 1.54) is 6.42 Å². The Morgan fingerprint density at radius 3 is 2.86 bits per heavy atom. The molecule has 1 saturated heterocycles. The first kappa shape index (κ1) is 14.1. The molecule has 1 atom stereocenters. The van der Waals surface area contributed by atoms with Crippen LogP contribution in [0.3, 0.4) is 0 Å². The summed E-state index contributed by atoms with van der Waals surface area (Å²) in [5.74, 6) is 0.607. The SMILES string of the molecule is CC1CCCN(C(=O)c2cc(-c3ccc(Cl)cc3)n[nH]2)C1. The van der Waals surface area contributed by atoms with Crippen LogP contribution in [0.15, 0.2) is 30.3 Å². The molecule has 1 amide bonds. The third-order valence-electron chi connectivity index (χ3n) is 3.89. The minimum absolute atomic E-state index is 0.0364. The van der Waals surface area contributed by atoms with E-state index in [2.05, 4.69) is 17.1 Å². The van der Waals surface area contributed by atoms with Crippen LogP contribution in [0, 0.1) is 5.92 Å². The molecule has 4 nitrogen and oxygen atoms in total. The molecule has 21 heavy (non-hydrogen) atoms. The zero-order chi connectivity index (χ0) is 14.8. The Balaban J connectivity index is 1.78. The highest BCUT2D eigenvalue weighted by molar-refractivity contribution is 6.30. The maximum Gasteiger partial charge on any atom is 0.271 e. The Morgan fingerprint density at radius 2 is 2.14 bits per heavy atom. The molecule has 5 heteroatoms. The van der Waals surface area contributed by atoms with Crippen molar-refractivity contribution in [1.29, 1.82) is 0 Å². The molecule has 110 valence electrons. The van der Waals surface area contributed by atoms with Gasteiger partial charge in [-0.05, 0) is 37.0 Å². The molecule has 0 spiro atoms. The average molecular weight is 304 g/mol. The number of likely N-dealkylation sites (tertiary alicyclic amines) is 1. The van der Waals surface area contributed by atoms with Gasteiger partial charge in [0.2, 0.25) is 0 Å². The summed E-state index contributed by atoms with van der Waals surface area (Å²) in [6.45, 7) is 3.85. The van der Waals surface area contributed by atoms with E-state index in [1.807, 2.05) is 35.2 Å². The normalized spacial score (nSPS) is 18.8. The first-order chi connectivity index (χ1) is 10.1. The fourth-order valence-electron chi connectivity index (χ4n) is 2.74. The third kappa shape index (κ3) is 3.10. The summed E-state index contributed by atoms with van der Waals surface area (Å²) >= 11 is 5.88. The summed E-state index contributed by atoms with van der Waals surface area (Å²) in [5.41, 5.74) is 2.26. The van der Waals surface area contributed by atoms with Gasteiger partial charge < -0.3 is 4.90 Å². The highest BCUT2D eigenvalue weighted by Gasteiger charge is 2.23. The van der Waals surface area contributed by atoms with Gasteiger partial charge in [0.25, 0.3) is 5.91 Å². The van der Waals surface area contributed by atoms with Crippen molar-refractivity contribution in [3.63, 3.8) is 0 Å². The molecule has 0 bridgehead atoms. The van der Waals surface area contributed by atoms with Gasteiger partial charge in [-0.15, -0.1) is 0 Å². The second kappa shape index (κ2) is 5.90. The number of halogens is 1. The number of piperidine rings is 1. The van der Waals surface area contributed by atoms with Gasteiger partial charge in [0.05, 0.1) is 5.69 Å². The first-order valence-electron chi connectivity index (χ1n) is 7.24. The number of hydrogen-bond donors (Lipinski definition) is 1. The van der Waals surface area contributed by atoms with Crippen molar-refractivity contribution in [1.82, 2.24) is 15.1 Å². The van der Waals surface area contributed by atoms with Crippen LogP contribution in [0.25, 0.3) is 11.3 Å². The van der Waals surface area contributed by atoms with Crippen LogP contribution in [0.1, 0.15) is 30.3 Å². The Bertz CT molecular complexity index is 635. The van der Waals surface area contributed by atoms with E-state index in [0.717, 1.165) is 30.8 Å². The van der Waals surface area contributed by atoms with E-state index < -0.39 is 0 Å². The molecule has 1 aliphatic heterocycles. The lowest BCUT2D eigenvalue weighted by molar-refractivity contribution is 0.0677. The largest absolute Gasteiger partial charge is 0.337 e. The van der Waals surface area contributed by atoms with Gasteiger partial charge in [0, 0.05) is 23.7 Å². The van der Waals surface area contributed by atoms with Crippen LogP contribution in [0.5, 0.6) is 0 Å². The molecule has 0 saturated carbocycles. The lowest BCUT2D eigenvalue weighted by Crippen LogP contribution is -2.39. The number of aromatic amines is 1. The number of nitrogens with one attached hydrogen (secondary N) is 1. The molecule has 1 aliphatic rings. The van der Waals surface area contributed by atoms with Crippen molar-refractivity contribution < 1.29 is 4.79 Å². The first-order valence-corrected chi connectivity index (χ1v) is 7.62. The van der Waals surface area contributed by atoms with Gasteiger partial charge in [-0.1, -0.05) is 30.7 Å². The van der Waals surface area contributed by atoms with Crippen molar-refractivity contribution in [2.24, 2.45) is 5.92 Å². The molecule has 0 radical (unpaired) electrons. The molecule has 1 unspecified atom stereocenters. The summed E-state index contributed by atoms with van der Waals surface area (Å²) < 4.78 is 0. The van der Waals surface area contributed by atoms with E-state index in [4.69, 9.17) is 11.6 Å². The number of H-pyrrole nitrogens is 1. The van der Waals surface area contributed by atoms with E-state index in [1.54, 1.807) is 0 Å². The lowest BCUT2D eigenvalue weighted by Gasteiger charge is -2.30. The second-order valence-corrected chi connectivity index (χ2v) is 6.11. The number of nitrogens with zero attached hydrogens (tertiary/aromatic N) is 2. The molecule has 3 rings (SSSR count). The Labute approximate surface area is 129 Å². The predicted octanol–water partition coefficient (Wildman–Crippen LogP) is 3.60. The standard InChI is InChI=1S/C16H18ClN3O/c1-11-3-2-8-20(10-11)16(21)15-9-14(18-19-15)12-4-6-13(17)7-5-12/h4-7,9,11H,2-3,8,10H2,1H3,(H,18,19). The fourth-order valence-corrected chi connectivity index (χ4v) is 2.87. The molecule has 1 N–H and O–H groups in total. The predicted molar refractivity (Wildman–Crippen MR) is 83.3 cm³/mol. The number of aromatic nitrogens is 2. The third-order valence-corrected chi connectivity index (χ3v) is 4.14. The summed E-state index contributed by atoms with van der Waals surface area (Å²) in [4.78, 5) is 14.4. The molecule has 2 aromatic rings. The maximum atomic E-state index is 12.5. The van der Waals surface area contributed by atoms with Crippen LogP contribution in [-0.2, 0) is 0 Å². The summed E-state index contributed by atoms with van der Waals surface area (Å²) in [6, 6.07) is 9.25. The van der Waals surface area contributed by atoms with Crippen LogP contribution in [0.4, 0.5) is 0 Å². The number of rotatable bonds is 2. The topological polar surface area (TPSA) is 49.0 Å². The van der Waals surface area contributed by atoms with Gasteiger partial charge in [0.1, 0.15) is 5.69 Å². The van der Waals surface area contributed by atoms with Gasteiger partial charge in [0.15, 0.2) is 0 Å². The smallest absolute Gasteiger partial charge is 0.271 e. The van der Waals surface area contributed by atoms with Crippen molar-refractivity contribution in [2.75, 3.05) is 13.1 Å². The molecule has 1 aromatic carbocycles. The maximum absolute atomic E-state index is 12.5. The van der Waals surface area contributed by atoms with E-state index >= 15 is 0 Å². The minimum Gasteiger partial charge on any atom is -0.337 e. The zero-order valence-corrected chi connectivity index (χ0v) is 12.7. The van der Waals surface area contributed by atoms with E-state index in [-0.39, 0.29) is 5.91 Å². The van der Waals surface area contributed by atoms with Gasteiger partial charge >= 0.3 is 0 Å². The van der Waals surface area contributed by atoms with Crippen LogP contribution >= 0.6 is 11.6 Å². The highest BCUT2D eigenvalue weighted by Crippen LogP contribution is 2.22. The number of hydrogen-bond acceptors (Lipinski definition) is 2. The molecular weight excluding hydrogens is 286 g/mol. The Kier molecular flexibility index (Phi) is 3.97. The lowest BCUT2D eigenvalue weighted by atomic mass is 10.00. The minimum atomic E-state index is 0.0364. The fraction of sp³-hybridized carbons (Fsp3) is 0.375. The van der Waals surface area contributed by atoms with Crippen LogP contribution < -0.4 is 0 Å². The Morgan fingerprint density at radius 1 is 1.38 bits per heavy atom. The van der Waals surface area contributed by atoms with Crippen molar-refractivity contribution >= 4 is 17.5 Å². The monoisotopic (exact) mass is 303 g/mol. The van der Waals surface area contributed by atoms with Gasteiger partial charge in [-0.3, -0.25) is 9.89 Å². The quantitative estimate of drug-likeness (QED) is 0.921. The van der Waals surface area contributed by atoms with Gasteiger partial charge in [-0.2, -0.15) is 5.10 Å². The van der Waals surface area contributed by atoms with Crippen molar-refractivity contribution in [2.45, 2.75) is 19.8 Å². The van der Waals surface area contributed by atoms with Crippen molar-refractivity contribution in [3.8, 4) is 11.3 Å². The van der Waals surface area contributed by atoms with E-state index in [9.17, 15) is 4.79 Å². The molecule has 2 heterocycles. The number of benzene rings is 1. The molecular formula is C16H18ClN3O. The van der Waals surface area contributed by atoms with Crippen LogP contribution in [-0.4, -0.2) is 34.1 Å². The zero-order valence-electron chi connectivity index (χ0n) is 12.0. The highest BCUT2D eigenvalue weighted by atomic mass is 35.5. The average Bonchev–Trinajstić information content (AvgIpc) is 2.97. The van der Waals surface area contributed by atoms with Crippen LogP contribution in [0.2, 0.25) is 5.02 Å². The molecule has 1 aromatic heterocycles. The summed E-state index contributed by atoms with van der Waals surface area (Å²) in [6.07, 6.45) is 2.27. The number of amides is 1. The van der Waals surface area contributed by atoms with E-state index in [0.29, 0.717) is 16.6 Å². The number of carbonyl (C=O) groups excluding carboxylic acids is 1. The second-order valence-electron chi connectivity index (χ2n) is 5.67. The van der Waals surface area contributed by atoms with Crippen molar-refractivity contribution in [3.05, 3.63) is 41.0 Å².